The van der Waals surface area contributed by atoms with Crippen LogP contribution in [-0.2, 0) is 20.9 Å². The normalized spacial score (nSPS) is 20.4. The third kappa shape index (κ3) is 7.96. The van der Waals surface area contributed by atoms with Gasteiger partial charge in [-0.3, -0.25) is 28.4 Å². The minimum absolute atomic E-state index is 0.139. The van der Waals surface area contributed by atoms with Crippen LogP contribution in [0.2, 0.25) is 0 Å². The highest BCUT2D eigenvalue weighted by Gasteiger charge is 2.35. The Hall–Kier alpha value is -2.19. The standard InChI is InChI=1S/C20H31N3O9S/c1-13-9-23(16-8-14(25)15(12-24)32-16)20(31)22(19(13)30)4-2-3-6-33-7-5-21(10-17(26)27)11-18(28)29/h9,14-16,24-25H,2-8,10-12H2,1H3,(H,26,27)(H,28,29)/t14-,15+,16+/m0/s1. The molecule has 12 nitrogen and oxygen atoms in total. The summed E-state index contributed by atoms with van der Waals surface area (Å²) in [7, 11) is 0. The van der Waals surface area contributed by atoms with E-state index in [4.69, 9.17) is 14.9 Å². The molecule has 1 fully saturated rings. The fourth-order valence-corrected chi connectivity index (χ4v) is 4.58. The van der Waals surface area contributed by atoms with Gasteiger partial charge in [0.05, 0.1) is 25.8 Å². The highest BCUT2D eigenvalue weighted by atomic mass is 32.2. The van der Waals surface area contributed by atoms with Crippen LogP contribution in [0.5, 0.6) is 0 Å². The lowest BCUT2D eigenvalue weighted by molar-refractivity contribution is -0.141. The van der Waals surface area contributed by atoms with E-state index >= 15 is 0 Å². The largest absolute Gasteiger partial charge is 0.480 e. The first-order chi connectivity index (χ1) is 15.6. The van der Waals surface area contributed by atoms with Crippen LogP contribution in [0.3, 0.4) is 0 Å². The molecule has 0 spiro atoms. The number of hydrogen-bond acceptors (Lipinski definition) is 9. The Bertz CT molecular complexity index is 916. The fourth-order valence-electron chi connectivity index (χ4n) is 3.58. The molecule has 0 saturated carbocycles. The average molecular weight is 490 g/mol. The van der Waals surface area contributed by atoms with Crippen molar-refractivity contribution in [2.45, 2.75) is 51.2 Å². The maximum absolute atomic E-state index is 12.8. The van der Waals surface area contributed by atoms with Gasteiger partial charge in [0.15, 0.2) is 0 Å². The molecule has 1 aliphatic rings. The van der Waals surface area contributed by atoms with E-state index in [1.165, 1.54) is 27.4 Å². The van der Waals surface area contributed by atoms with Crippen LogP contribution in [0.15, 0.2) is 15.8 Å². The number of nitrogens with zero attached hydrogens (tertiary/aromatic N) is 3. The maximum atomic E-state index is 12.8. The molecule has 186 valence electrons. The van der Waals surface area contributed by atoms with Gasteiger partial charge in [-0.05, 0) is 25.5 Å². The second-order valence-corrected chi connectivity index (χ2v) is 9.12. The van der Waals surface area contributed by atoms with E-state index < -0.39 is 36.1 Å². The highest BCUT2D eigenvalue weighted by molar-refractivity contribution is 7.99. The molecular weight excluding hydrogens is 458 g/mol. The lowest BCUT2D eigenvalue weighted by Gasteiger charge is -2.18. The molecule has 0 amide bonds. The maximum Gasteiger partial charge on any atom is 0.333 e. The molecule has 4 N–H and O–H groups in total. The van der Waals surface area contributed by atoms with Crippen molar-refractivity contribution in [1.82, 2.24) is 14.0 Å². The first kappa shape index (κ1) is 27.1. The number of unbranched alkanes of at least 4 members (excludes halogenated alkanes) is 1. The smallest absolute Gasteiger partial charge is 0.333 e. The number of carbonyl (C=O) groups is 2. The molecule has 2 heterocycles. The van der Waals surface area contributed by atoms with Crippen molar-refractivity contribution in [3.05, 3.63) is 32.6 Å². The molecular formula is C20H31N3O9S. The predicted molar refractivity (Wildman–Crippen MR) is 120 cm³/mol. The highest BCUT2D eigenvalue weighted by Crippen LogP contribution is 2.27. The van der Waals surface area contributed by atoms with Crippen LogP contribution in [-0.4, -0.2) is 96.4 Å². The molecule has 33 heavy (non-hydrogen) atoms. The van der Waals surface area contributed by atoms with Crippen LogP contribution in [0, 0.1) is 6.92 Å². The fraction of sp³-hybridized carbons (Fsp3) is 0.700. The van der Waals surface area contributed by atoms with E-state index in [9.17, 15) is 29.4 Å². The SMILES string of the molecule is Cc1cn([C@H]2C[C@H](O)[C@@H](CO)O2)c(=O)n(CCCCSCCN(CC(=O)O)CC(=O)O)c1=O. The van der Waals surface area contributed by atoms with Gasteiger partial charge in [0.1, 0.15) is 12.3 Å². The van der Waals surface area contributed by atoms with E-state index in [-0.39, 0.29) is 38.2 Å². The zero-order valence-electron chi connectivity index (χ0n) is 18.5. The Balaban J connectivity index is 1.86. The summed E-state index contributed by atoms with van der Waals surface area (Å²) < 4.78 is 7.97. The van der Waals surface area contributed by atoms with Gasteiger partial charge in [0.2, 0.25) is 0 Å². The first-order valence-electron chi connectivity index (χ1n) is 10.6. The van der Waals surface area contributed by atoms with Crippen molar-refractivity contribution in [1.29, 1.82) is 0 Å². The number of aliphatic hydroxyl groups is 2. The van der Waals surface area contributed by atoms with Gasteiger partial charge >= 0.3 is 17.6 Å². The summed E-state index contributed by atoms with van der Waals surface area (Å²) in [5, 5.41) is 36.9. The van der Waals surface area contributed by atoms with Crippen molar-refractivity contribution in [3.8, 4) is 0 Å². The second-order valence-electron chi connectivity index (χ2n) is 7.89. The number of aryl methyl sites for hydroxylation is 1. The van der Waals surface area contributed by atoms with Crippen molar-refractivity contribution in [2.75, 3.05) is 37.7 Å². The second kappa shape index (κ2) is 12.9. The third-order valence-corrected chi connectivity index (χ3v) is 6.30. The summed E-state index contributed by atoms with van der Waals surface area (Å²) in [6, 6.07) is 0. The predicted octanol–water partition coefficient (Wildman–Crippen LogP) is -1.06. The Morgan fingerprint density at radius 1 is 1.18 bits per heavy atom. The molecule has 0 aromatic carbocycles. The number of aliphatic hydroxyl groups excluding tert-OH is 2. The molecule has 2 rings (SSSR count). The van der Waals surface area contributed by atoms with Crippen LogP contribution in [0.4, 0.5) is 0 Å². The molecule has 0 bridgehead atoms. The van der Waals surface area contributed by atoms with Gasteiger partial charge in [-0.15, -0.1) is 0 Å². The van der Waals surface area contributed by atoms with E-state index in [0.29, 0.717) is 36.5 Å². The van der Waals surface area contributed by atoms with E-state index in [0.717, 1.165) is 4.57 Å². The summed E-state index contributed by atoms with van der Waals surface area (Å²) in [5.74, 6) is -0.899. The van der Waals surface area contributed by atoms with E-state index in [2.05, 4.69) is 0 Å². The molecule has 13 heteroatoms. The van der Waals surface area contributed by atoms with Crippen LogP contribution in [0.1, 0.15) is 31.1 Å². The van der Waals surface area contributed by atoms with Gasteiger partial charge < -0.3 is 25.2 Å². The molecule has 0 aliphatic carbocycles. The number of carboxylic acids is 2. The average Bonchev–Trinajstić information content (AvgIpc) is 3.11. The summed E-state index contributed by atoms with van der Waals surface area (Å²) in [5.41, 5.74) is -0.558. The Morgan fingerprint density at radius 3 is 2.42 bits per heavy atom. The molecule has 1 aromatic heterocycles. The summed E-state index contributed by atoms with van der Waals surface area (Å²) in [4.78, 5) is 48.3. The van der Waals surface area contributed by atoms with Crippen molar-refractivity contribution >= 4 is 23.7 Å². The molecule has 1 aromatic rings. The number of carboxylic acid groups (broad SMARTS) is 2. The number of aromatic nitrogens is 2. The molecule has 0 unspecified atom stereocenters. The van der Waals surface area contributed by atoms with Gasteiger partial charge in [-0.25, -0.2) is 4.79 Å². The Kier molecular flexibility index (Phi) is 10.6. The third-order valence-electron chi connectivity index (χ3n) is 5.25. The van der Waals surface area contributed by atoms with E-state index in [1.54, 1.807) is 6.92 Å². The molecule has 1 saturated heterocycles. The van der Waals surface area contributed by atoms with Gasteiger partial charge in [-0.2, -0.15) is 11.8 Å². The number of rotatable bonds is 14. The topological polar surface area (TPSA) is 172 Å². The summed E-state index contributed by atoms with van der Waals surface area (Å²) in [6.07, 6.45) is 0.382. The van der Waals surface area contributed by atoms with E-state index in [1.807, 2.05) is 0 Å². The summed E-state index contributed by atoms with van der Waals surface area (Å²) >= 11 is 1.54. The number of ether oxygens (including phenoxy) is 1. The number of thioether (sulfide) groups is 1. The Labute approximate surface area is 194 Å². The number of hydrogen-bond donors (Lipinski definition) is 4. The molecule has 1 aliphatic heterocycles. The Morgan fingerprint density at radius 2 is 1.85 bits per heavy atom. The van der Waals surface area contributed by atoms with Crippen LogP contribution in [0.25, 0.3) is 0 Å². The van der Waals surface area contributed by atoms with Crippen molar-refractivity contribution in [2.24, 2.45) is 0 Å². The van der Waals surface area contributed by atoms with Crippen molar-refractivity contribution < 1.29 is 34.8 Å². The zero-order chi connectivity index (χ0) is 24.5. The molecule has 0 radical (unpaired) electrons. The lowest BCUT2D eigenvalue weighted by atomic mass is 10.2. The monoisotopic (exact) mass is 489 g/mol. The van der Waals surface area contributed by atoms with Gasteiger partial charge in [-0.1, -0.05) is 0 Å². The quantitative estimate of drug-likeness (QED) is 0.235. The van der Waals surface area contributed by atoms with Gasteiger partial charge in [0.25, 0.3) is 5.56 Å². The number of aliphatic carboxylic acids is 2. The summed E-state index contributed by atoms with van der Waals surface area (Å²) in [6.45, 7) is 1.09. The van der Waals surface area contributed by atoms with Crippen LogP contribution >= 0.6 is 11.8 Å². The zero-order valence-corrected chi connectivity index (χ0v) is 19.3. The molecule has 3 atom stereocenters. The van der Waals surface area contributed by atoms with Crippen LogP contribution < -0.4 is 11.2 Å². The minimum atomic E-state index is -1.08. The van der Waals surface area contributed by atoms with Gasteiger partial charge in [0, 0.05) is 37.0 Å². The minimum Gasteiger partial charge on any atom is -0.480 e. The van der Waals surface area contributed by atoms with Crippen molar-refractivity contribution in [3.63, 3.8) is 0 Å². The first-order valence-corrected chi connectivity index (χ1v) is 11.8. The lowest BCUT2D eigenvalue weighted by Crippen LogP contribution is -2.42.